The van der Waals surface area contributed by atoms with E-state index in [4.69, 9.17) is 0 Å². The van der Waals surface area contributed by atoms with Crippen LogP contribution in [0.3, 0.4) is 0 Å². The molecule has 21 heavy (non-hydrogen) atoms. The van der Waals surface area contributed by atoms with E-state index in [1.165, 1.54) is 0 Å². The molecule has 3 rings (SSSR count). The molecule has 2 atom stereocenters. The molecule has 0 spiro atoms. The summed E-state index contributed by atoms with van der Waals surface area (Å²) in [5.74, 6) is 1.84. The van der Waals surface area contributed by atoms with Crippen molar-refractivity contribution < 1.29 is 4.79 Å². The molecule has 1 fully saturated rings. The first-order valence-corrected chi connectivity index (χ1v) is 7.40. The van der Waals surface area contributed by atoms with Gasteiger partial charge < -0.3 is 10.2 Å². The number of aromatic nitrogens is 1. The van der Waals surface area contributed by atoms with Gasteiger partial charge in [0.05, 0.1) is 5.52 Å². The predicted octanol–water partition coefficient (Wildman–Crippen LogP) is 2.57. The fraction of sp³-hybridized carbons (Fsp3) is 0.412. The van der Waals surface area contributed by atoms with Gasteiger partial charge in [-0.1, -0.05) is 25.1 Å². The number of hydrogen-bond acceptors (Lipinski definition) is 3. The second-order valence-electron chi connectivity index (χ2n) is 6.09. The Morgan fingerprint density at radius 3 is 2.76 bits per heavy atom. The Balaban J connectivity index is 1.87. The van der Waals surface area contributed by atoms with Crippen LogP contribution in [0.2, 0.25) is 0 Å². The van der Waals surface area contributed by atoms with Crippen LogP contribution in [0.1, 0.15) is 18.9 Å². The quantitative estimate of drug-likeness (QED) is 0.938. The van der Waals surface area contributed by atoms with E-state index in [9.17, 15) is 4.79 Å². The van der Waals surface area contributed by atoms with Crippen LogP contribution in [-0.2, 0) is 11.3 Å². The Labute approximate surface area is 125 Å². The van der Waals surface area contributed by atoms with E-state index in [0.29, 0.717) is 12.5 Å². The summed E-state index contributed by atoms with van der Waals surface area (Å²) < 4.78 is 0. The number of carbonyl (C=O) groups excluding carboxylic acids is 1. The topological polar surface area (TPSA) is 45.2 Å². The standard InChI is InChI=1S/C17H21N3O/c1-11-8-14(11)17(21)18-10-12-9-16(20(2)3)19-15-7-5-4-6-13(12)15/h4-7,9,11,14H,8,10H2,1-3H3,(H,18,21). The van der Waals surface area contributed by atoms with Crippen LogP contribution in [0.5, 0.6) is 0 Å². The van der Waals surface area contributed by atoms with Crippen LogP contribution in [0.15, 0.2) is 30.3 Å². The van der Waals surface area contributed by atoms with Crippen LogP contribution in [0.4, 0.5) is 5.82 Å². The first kappa shape index (κ1) is 13.9. The Kier molecular flexibility index (Phi) is 3.53. The van der Waals surface area contributed by atoms with Crippen molar-refractivity contribution in [2.75, 3.05) is 19.0 Å². The molecule has 0 saturated heterocycles. The summed E-state index contributed by atoms with van der Waals surface area (Å²) in [7, 11) is 3.96. The van der Waals surface area contributed by atoms with Gasteiger partial charge >= 0.3 is 0 Å². The highest BCUT2D eigenvalue weighted by molar-refractivity contribution is 5.85. The minimum absolute atomic E-state index is 0.176. The molecule has 1 aromatic heterocycles. The molecule has 1 aromatic carbocycles. The average Bonchev–Trinajstić information content (AvgIpc) is 3.21. The molecular weight excluding hydrogens is 262 g/mol. The van der Waals surface area contributed by atoms with Gasteiger partial charge in [-0.05, 0) is 30.0 Å². The normalized spacial score (nSPS) is 20.3. The molecule has 110 valence electrons. The fourth-order valence-corrected chi connectivity index (χ4v) is 2.61. The van der Waals surface area contributed by atoms with Crippen LogP contribution in [0, 0.1) is 11.8 Å². The number of anilines is 1. The maximum atomic E-state index is 12.0. The third kappa shape index (κ3) is 2.84. The molecule has 2 unspecified atom stereocenters. The predicted molar refractivity (Wildman–Crippen MR) is 85.2 cm³/mol. The average molecular weight is 283 g/mol. The summed E-state index contributed by atoms with van der Waals surface area (Å²) in [6.45, 7) is 2.68. The van der Waals surface area contributed by atoms with E-state index in [1.807, 2.05) is 37.2 Å². The monoisotopic (exact) mass is 283 g/mol. The van der Waals surface area contributed by atoms with Gasteiger partial charge in [0.15, 0.2) is 0 Å². The first-order valence-electron chi connectivity index (χ1n) is 7.40. The highest BCUT2D eigenvalue weighted by Crippen LogP contribution is 2.37. The van der Waals surface area contributed by atoms with Gasteiger partial charge in [0.25, 0.3) is 0 Å². The van der Waals surface area contributed by atoms with E-state index in [-0.39, 0.29) is 11.8 Å². The van der Waals surface area contributed by atoms with Crippen LogP contribution in [-0.4, -0.2) is 25.0 Å². The fourth-order valence-electron chi connectivity index (χ4n) is 2.61. The van der Waals surface area contributed by atoms with Gasteiger partial charge in [-0.2, -0.15) is 0 Å². The van der Waals surface area contributed by atoms with Gasteiger partial charge in [-0.15, -0.1) is 0 Å². The second kappa shape index (κ2) is 5.35. The molecule has 1 aliphatic carbocycles. The molecule has 1 amide bonds. The van der Waals surface area contributed by atoms with E-state index in [1.54, 1.807) is 0 Å². The van der Waals surface area contributed by atoms with E-state index >= 15 is 0 Å². The second-order valence-corrected chi connectivity index (χ2v) is 6.09. The van der Waals surface area contributed by atoms with Crippen LogP contribution >= 0.6 is 0 Å². The number of benzene rings is 1. The number of carbonyl (C=O) groups is 1. The van der Waals surface area contributed by atoms with Crippen molar-refractivity contribution in [2.24, 2.45) is 11.8 Å². The zero-order valence-corrected chi connectivity index (χ0v) is 12.8. The molecule has 1 N–H and O–H groups in total. The molecule has 0 bridgehead atoms. The van der Waals surface area contributed by atoms with E-state index in [0.717, 1.165) is 28.7 Å². The summed E-state index contributed by atoms with van der Waals surface area (Å²) in [4.78, 5) is 18.6. The molecule has 1 saturated carbocycles. The highest BCUT2D eigenvalue weighted by atomic mass is 16.2. The van der Waals surface area contributed by atoms with Crippen LogP contribution in [0.25, 0.3) is 10.9 Å². The molecule has 4 heteroatoms. The summed E-state index contributed by atoms with van der Waals surface area (Å²) in [6, 6.07) is 10.1. The maximum absolute atomic E-state index is 12.0. The number of rotatable bonds is 4. The lowest BCUT2D eigenvalue weighted by atomic mass is 10.1. The SMILES string of the molecule is CC1CC1C(=O)NCc1cc(N(C)C)nc2ccccc12. The van der Waals surface area contributed by atoms with E-state index < -0.39 is 0 Å². The smallest absolute Gasteiger partial charge is 0.223 e. The van der Waals surface area contributed by atoms with Crippen molar-refractivity contribution in [3.63, 3.8) is 0 Å². The van der Waals surface area contributed by atoms with Gasteiger partial charge in [-0.25, -0.2) is 4.98 Å². The van der Waals surface area contributed by atoms with Crippen molar-refractivity contribution in [1.82, 2.24) is 10.3 Å². The number of hydrogen-bond donors (Lipinski definition) is 1. The first-order chi connectivity index (χ1) is 10.1. The van der Waals surface area contributed by atoms with Gasteiger partial charge in [-0.3, -0.25) is 4.79 Å². The highest BCUT2D eigenvalue weighted by Gasteiger charge is 2.38. The minimum Gasteiger partial charge on any atom is -0.363 e. The molecule has 1 heterocycles. The zero-order chi connectivity index (χ0) is 15.0. The third-order valence-corrected chi connectivity index (χ3v) is 4.15. The minimum atomic E-state index is 0.176. The molecule has 0 radical (unpaired) electrons. The summed E-state index contributed by atoms with van der Waals surface area (Å²) >= 11 is 0. The largest absolute Gasteiger partial charge is 0.363 e. The number of nitrogens with one attached hydrogen (secondary N) is 1. The van der Waals surface area contributed by atoms with Crippen molar-refractivity contribution in [3.05, 3.63) is 35.9 Å². The summed E-state index contributed by atoms with van der Waals surface area (Å²) in [5.41, 5.74) is 2.08. The third-order valence-electron chi connectivity index (χ3n) is 4.15. The summed E-state index contributed by atoms with van der Waals surface area (Å²) in [6.07, 6.45) is 1.02. The number of amides is 1. The Morgan fingerprint density at radius 1 is 1.38 bits per heavy atom. The lowest BCUT2D eigenvalue weighted by Gasteiger charge is -2.15. The van der Waals surface area contributed by atoms with Crippen LogP contribution < -0.4 is 10.2 Å². The Morgan fingerprint density at radius 2 is 2.10 bits per heavy atom. The van der Waals surface area contributed by atoms with Gasteiger partial charge in [0.1, 0.15) is 5.82 Å². The number of fused-ring (bicyclic) bond motifs is 1. The molecule has 1 aliphatic rings. The number of para-hydroxylation sites is 1. The van der Waals surface area contributed by atoms with Crippen molar-refractivity contribution >= 4 is 22.6 Å². The number of nitrogens with zero attached hydrogens (tertiary/aromatic N) is 2. The lowest BCUT2D eigenvalue weighted by Crippen LogP contribution is -2.25. The number of pyridine rings is 1. The molecule has 4 nitrogen and oxygen atoms in total. The van der Waals surface area contributed by atoms with E-state index in [2.05, 4.69) is 29.4 Å². The lowest BCUT2D eigenvalue weighted by molar-refractivity contribution is -0.122. The van der Waals surface area contributed by atoms with Gasteiger partial charge in [0.2, 0.25) is 5.91 Å². The van der Waals surface area contributed by atoms with Crippen molar-refractivity contribution in [2.45, 2.75) is 19.9 Å². The Hall–Kier alpha value is -2.10. The van der Waals surface area contributed by atoms with Crippen molar-refractivity contribution in [1.29, 1.82) is 0 Å². The Bertz CT molecular complexity index is 681. The van der Waals surface area contributed by atoms with Gasteiger partial charge in [0, 0.05) is 31.9 Å². The summed E-state index contributed by atoms with van der Waals surface area (Å²) in [5, 5.41) is 4.17. The maximum Gasteiger partial charge on any atom is 0.223 e. The molecule has 0 aliphatic heterocycles. The van der Waals surface area contributed by atoms with Crippen molar-refractivity contribution in [3.8, 4) is 0 Å². The molecule has 2 aromatic rings. The zero-order valence-electron chi connectivity index (χ0n) is 12.8. The molecular formula is C17H21N3O.